The van der Waals surface area contributed by atoms with Crippen LogP contribution in [-0.2, 0) is 0 Å². The summed E-state index contributed by atoms with van der Waals surface area (Å²) in [6, 6.07) is 26.6. The number of hydrogen-bond acceptors (Lipinski definition) is 0. The molecule has 2 aliphatic rings. The Kier molecular flexibility index (Phi) is 4.35. The molecule has 0 bridgehead atoms. The van der Waals surface area contributed by atoms with Gasteiger partial charge in [0.2, 0.25) is 0 Å². The second kappa shape index (κ2) is 7.33. The van der Waals surface area contributed by atoms with E-state index in [2.05, 4.69) is 109 Å². The third-order valence-electron chi connectivity index (χ3n) is 5.77. The number of fused-ring (bicyclic) bond motifs is 6. The molecule has 6 rings (SSSR count). The normalized spacial score (nSPS) is 18.1. The van der Waals surface area contributed by atoms with Gasteiger partial charge in [-0.2, -0.15) is 0 Å². The molecule has 0 aromatic heterocycles. The summed E-state index contributed by atoms with van der Waals surface area (Å²) >= 11 is 0. The lowest BCUT2D eigenvalue weighted by Crippen LogP contribution is -2.07. The summed E-state index contributed by atoms with van der Waals surface area (Å²) in [7, 11) is 2.48. The van der Waals surface area contributed by atoms with Gasteiger partial charge in [0.15, 0.2) is 0 Å². The van der Waals surface area contributed by atoms with Crippen LogP contribution in [0.2, 0.25) is 0 Å². The second-order valence-electron chi connectivity index (χ2n) is 7.46. The van der Waals surface area contributed by atoms with Gasteiger partial charge in [0.1, 0.15) is 0 Å². The summed E-state index contributed by atoms with van der Waals surface area (Å²) in [6.07, 6.45) is 9.03. The molecule has 0 nitrogen and oxygen atoms in total. The minimum Gasteiger partial charge on any atom is -0.0678 e. The number of benzene rings is 4. The zero-order chi connectivity index (χ0) is 19.9. The van der Waals surface area contributed by atoms with Crippen LogP contribution in [0.25, 0.3) is 32.7 Å². The van der Waals surface area contributed by atoms with Crippen LogP contribution < -0.4 is 10.6 Å². The van der Waals surface area contributed by atoms with Crippen molar-refractivity contribution in [3.8, 4) is 0 Å². The second-order valence-corrected chi connectivity index (χ2v) is 9.54. The molecule has 30 heavy (non-hydrogen) atoms. The molecule has 0 unspecified atom stereocenters. The number of rotatable bonds is 0. The molecule has 0 saturated heterocycles. The summed E-state index contributed by atoms with van der Waals surface area (Å²) in [5.41, 5.74) is 5.33. The van der Waals surface area contributed by atoms with Crippen LogP contribution in [0.5, 0.6) is 0 Å². The SMILES string of the molecule is C1=CC(=C2C=CC=Pc3ccc4ccccc4c32)c2c(ccc3ccccc23)P=C1. The first-order valence-electron chi connectivity index (χ1n) is 10.1. The summed E-state index contributed by atoms with van der Waals surface area (Å²) < 4.78 is 0. The smallest absolute Gasteiger partial charge is 0.0103 e. The summed E-state index contributed by atoms with van der Waals surface area (Å²) in [6.45, 7) is 0. The zero-order valence-corrected chi connectivity index (χ0v) is 18.1. The fraction of sp³-hybridized carbons (Fsp3) is 0. The highest BCUT2D eigenvalue weighted by atomic mass is 31.1. The van der Waals surface area contributed by atoms with E-state index in [1.165, 1.54) is 70.8 Å². The van der Waals surface area contributed by atoms with Crippen molar-refractivity contribution in [3.05, 3.63) is 108 Å². The van der Waals surface area contributed by atoms with E-state index in [1.54, 1.807) is 0 Å². The average Bonchev–Trinajstić information content (AvgIpc) is 3.15. The largest absolute Gasteiger partial charge is 0.0678 e. The predicted octanol–water partition coefficient (Wildman–Crippen LogP) is 6.79. The van der Waals surface area contributed by atoms with Gasteiger partial charge in [-0.3, -0.25) is 0 Å². The molecule has 2 aliphatic heterocycles. The Morgan fingerprint density at radius 3 is 1.43 bits per heavy atom. The predicted molar refractivity (Wildman–Crippen MR) is 138 cm³/mol. The molecule has 4 aromatic carbocycles. The van der Waals surface area contributed by atoms with Crippen molar-refractivity contribution < 1.29 is 0 Å². The first-order valence-corrected chi connectivity index (χ1v) is 12.0. The van der Waals surface area contributed by atoms with E-state index in [1.807, 2.05) is 0 Å². The molecule has 0 N–H and O–H groups in total. The lowest BCUT2D eigenvalue weighted by Gasteiger charge is -2.17. The van der Waals surface area contributed by atoms with E-state index in [9.17, 15) is 0 Å². The van der Waals surface area contributed by atoms with Crippen molar-refractivity contribution in [2.75, 3.05) is 0 Å². The lowest BCUT2D eigenvalue weighted by molar-refractivity contribution is 1.70. The number of allylic oxidation sites excluding steroid dienone is 6. The van der Waals surface area contributed by atoms with Gasteiger partial charge < -0.3 is 0 Å². The van der Waals surface area contributed by atoms with Crippen LogP contribution in [0.4, 0.5) is 0 Å². The van der Waals surface area contributed by atoms with Crippen LogP contribution in [-0.4, -0.2) is 11.6 Å². The van der Waals surface area contributed by atoms with Crippen molar-refractivity contribution in [2.45, 2.75) is 0 Å². The van der Waals surface area contributed by atoms with E-state index in [-0.39, 0.29) is 0 Å². The lowest BCUT2D eigenvalue weighted by atomic mass is 9.88. The third kappa shape index (κ3) is 2.85. The van der Waals surface area contributed by atoms with E-state index in [4.69, 9.17) is 0 Å². The van der Waals surface area contributed by atoms with Crippen molar-refractivity contribution >= 4 is 71.3 Å². The molecule has 0 radical (unpaired) electrons. The maximum Gasteiger partial charge on any atom is 0.0103 e. The van der Waals surface area contributed by atoms with Crippen molar-refractivity contribution in [1.29, 1.82) is 0 Å². The first kappa shape index (κ1) is 17.8. The molecule has 2 heterocycles. The molecule has 0 amide bonds. The van der Waals surface area contributed by atoms with Crippen molar-refractivity contribution in [3.63, 3.8) is 0 Å². The Hall–Kier alpha value is -3.04. The Labute approximate surface area is 179 Å². The van der Waals surface area contributed by atoms with Crippen molar-refractivity contribution in [1.82, 2.24) is 0 Å². The Morgan fingerprint density at radius 1 is 0.467 bits per heavy atom. The average molecular weight is 416 g/mol. The Morgan fingerprint density at radius 2 is 0.933 bits per heavy atom. The maximum absolute atomic E-state index is 2.30. The molecule has 4 aromatic rings. The van der Waals surface area contributed by atoms with Crippen LogP contribution in [0, 0.1) is 0 Å². The molecule has 0 saturated carbocycles. The molecule has 0 aliphatic carbocycles. The highest BCUT2D eigenvalue weighted by Gasteiger charge is 2.19. The van der Waals surface area contributed by atoms with Gasteiger partial charge in [0.05, 0.1) is 0 Å². The van der Waals surface area contributed by atoms with Crippen LogP contribution in [0.3, 0.4) is 0 Å². The van der Waals surface area contributed by atoms with Gasteiger partial charge in [0, 0.05) is 21.7 Å². The topological polar surface area (TPSA) is 0 Å². The Bertz CT molecular complexity index is 1370. The molecule has 0 atom stereocenters. The minimum atomic E-state index is 1.24. The molecule has 0 spiro atoms. The van der Waals surface area contributed by atoms with E-state index in [0.29, 0.717) is 0 Å². The highest BCUT2D eigenvalue weighted by Crippen LogP contribution is 2.37. The highest BCUT2D eigenvalue weighted by molar-refractivity contribution is 7.48. The quantitative estimate of drug-likeness (QED) is 0.277. The van der Waals surface area contributed by atoms with E-state index >= 15 is 0 Å². The molecule has 140 valence electrons. The minimum absolute atomic E-state index is 1.24. The van der Waals surface area contributed by atoms with Crippen molar-refractivity contribution in [2.24, 2.45) is 0 Å². The number of hydrogen-bond donors (Lipinski definition) is 0. The van der Waals surface area contributed by atoms with Crippen LogP contribution in [0.15, 0.2) is 97.1 Å². The molecule has 2 heteroatoms. The van der Waals surface area contributed by atoms with Gasteiger partial charge in [0.25, 0.3) is 0 Å². The van der Waals surface area contributed by atoms with Gasteiger partial charge in [-0.05, 0) is 56.4 Å². The molecular formula is C28H18P2. The van der Waals surface area contributed by atoms with Gasteiger partial charge in [-0.1, -0.05) is 101 Å². The molecular weight excluding hydrogens is 398 g/mol. The Balaban J connectivity index is 1.79. The van der Waals surface area contributed by atoms with Gasteiger partial charge >= 0.3 is 0 Å². The van der Waals surface area contributed by atoms with Gasteiger partial charge in [-0.15, -0.1) is 0 Å². The molecule has 0 fully saturated rings. The van der Waals surface area contributed by atoms with E-state index in [0.717, 1.165) is 0 Å². The summed E-state index contributed by atoms with van der Waals surface area (Å²) in [5, 5.41) is 7.96. The first-order chi connectivity index (χ1) is 14.9. The monoisotopic (exact) mass is 416 g/mol. The van der Waals surface area contributed by atoms with Crippen LogP contribution >= 0.6 is 16.4 Å². The third-order valence-corrected chi connectivity index (χ3v) is 7.71. The fourth-order valence-corrected chi connectivity index (χ4v) is 6.17. The standard InChI is InChI=1S/C28H18P2/c1-3-9-21-19(7-1)13-15-25-27(21)23(11-5-17-29-25)24-12-6-18-30-26-16-14-20-8-2-4-10-22(20)28(24)26/h1-18H. The zero-order valence-electron chi connectivity index (χ0n) is 16.3. The fourth-order valence-electron chi connectivity index (χ4n) is 4.44. The van der Waals surface area contributed by atoms with E-state index < -0.39 is 0 Å². The summed E-state index contributed by atoms with van der Waals surface area (Å²) in [4.78, 5) is 0. The summed E-state index contributed by atoms with van der Waals surface area (Å²) in [5.74, 6) is 4.49. The van der Waals surface area contributed by atoms with Gasteiger partial charge in [-0.25, -0.2) is 0 Å². The maximum atomic E-state index is 2.30. The van der Waals surface area contributed by atoms with Crippen LogP contribution in [0.1, 0.15) is 11.1 Å².